The quantitative estimate of drug-likeness (QED) is 0.352. The SMILES string of the molecule is Cc1cc(OCC2CCS(=O)(=O)C2)cc(C)c1-c1ccc(F)c2c1CCC2Oc1ccc2c(c1)OCC2CC(=O)O. The van der Waals surface area contributed by atoms with Crippen molar-refractivity contribution in [2.45, 2.75) is 51.6 Å². The second-order valence-corrected chi connectivity index (χ2v) is 13.7. The van der Waals surface area contributed by atoms with Gasteiger partial charge in [0.15, 0.2) is 9.84 Å². The van der Waals surface area contributed by atoms with E-state index in [9.17, 15) is 13.2 Å². The number of carboxylic acids is 1. The Bertz CT molecular complexity index is 1610. The summed E-state index contributed by atoms with van der Waals surface area (Å²) in [5.74, 6) is 0.950. The van der Waals surface area contributed by atoms with Gasteiger partial charge in [-0.3, -0.25) is 4.79 Å². The van der Waals surface area contributed by atoms with E-state index in [-0.39, 0.29) is 35.6 Å². The number of sulfone groups is 1. The molecule has 3 aliphatic rings. The zero-order chi connectivity index (χ0) is 28.9. The van der Waals surface area contributed by atoms with E-state index in [4.69, 9.17) is 19.3 Å². The fourth-order valence-electron chi connectivity index (χ4n) is 6.55. The van der Waals surface area contributed by atoms with Crippen LogP contribution in [0.2, 0.25) is 0 Å². The molecule has 7 nitrogen and oxygen atoms in total. The summed E-state index contributed by atoms with van der Waals surface area (Å²) in [5, 5.41) is 9.16. The third kappa shape index (κ3) is 5.52. The number of aliphatic carboxylic acids is 1. The summed E-state index contributed by atoms with van der Waals surface area (Å²) in [6.07, 6.45) is 1.49. The zero-order valence-electron chi connectivity index (χ0n) is 23.1. The molecule has 3 atom stereocenters. The fraction of sp³-hybridized carbons (Fsp3) is 0.406. The van der Waals surface area contributed by atoms with Gasteiger partial charge >= 0.3 is 5.97 Å². The molecule has 2 aliphatic heterocycles. The number of aryl methyl sites for hydroxylation is 2. The lowest BCUT2D eigenvalue weighted by Gasteiger charge is -2.19. The van der Waals surface area contributed by atoms with Crippen LogP contribution in [0.4, 0.5) is 4.39 Å². The Morgan fingerprint density at radius 1 is 1.07 bits per heavy atom. The molecule has 0 spiro atoms. The van der Waals surface area contributed by atoms with Gasteiger partial charge in [-0.05, 0) is 85.2 Å². The summed E-state index contributed by atoms with van der Waals surface area (Å²) >= 11 is 0. The molecule has 0 amide bonds. The van der Waals surface area contributed by atoms with E-state index in [1.807, 2.05) is 38.1 Å². The number of ether oxygens (including phenoxy) is 3. The molecule has 41 heavy (non-hydrogen) atoms. The highest BCUT2D eigenvalue weighted by molar-refractivity contribution is 7.91. The molecule has 0 aromatic heterocycles. The maximum Gasteiger partial charge on any atom is 0.304 e. The molecule has 1 aliphatic carbocycles. The van der Waals surface area contributed by atoms with Crippen molar-refractivity contribution in [1.29, 1.82) is 0 Å². The molecular formula is C32H33FO7S. The Hall–Kier alpha value is -3.59. The summed E-state index contributed by atoms with van der Waals surface area (Å²) in [6, 6.07) is 12.7. The summed E-state index contributed by atoms with van der Waals surface area (Å²) in [6.45, 7) is 4.71. The lowest BCUT2D eigenvalue weighted by molar-refractivity contribution is -0.137. The van der Waals surface area contributed by atoms with E-state index in [0.29, 0.717) is 55.3 Å². The predicted molar refractivity (Wildman–Crippen MR) is 152 cm³/mol. The number of rotatable bonds is 8. The molecule has 2 heterocycles. The van der Waals surface area contributed by atoms with Crippen LogP contribution in [0, 0.1) is 25.6 Å². The van der Waals surface area contributed by atoms with E-state index in [1.54, 1.807) is 12.1 Å². The molecule has 3 aromatic rings. The van der Waals surface area contributed by atoms with Gasteiger partial charge in [-0.25, -0.2) is 12.8 Å². The van der Waals surface area contributed by atoms with Crippen molar-refractivity contribution in [3.63, 3.8) is 0 Å². The highest BCUT2D eigenvalue weighted by Gasteiger charge is 2.33. The van der Waals surface area contributed by atoms with E-state index in [0.717, 1.165) is 33.4 Å². The Morgan fingerprint density at radius 2 is 1.85 bits per heavy atom. The van der Waals surface area contributed by atoms with Gasteiger partial charge in [0.2, 0.25) is 0 Å². The van der Waals surface area contributed by atoms with Crippen LogP contribution in [0.1, 0.15) is 59.1 Å². The van der Waals surface area contributed by atoms with Crippen molar-refractivity contribution in [3.8, 4) is 28.4 Å². The van der Waals surface area contributed by atoms with Crippen LogP contribution in [-0.4, -0.2) is 44.2 Å². The first-order valence-corrected chi connectivity index (χ1v) is 15.8. The van der Waals surface area contributed by atoms with Gasteiger partial charge in [0.25, 0.3) is 0 Å². The number of hydrogen-bond donors (Lipinski definition) is 1. The van der Waals surface area contributed by atoms with Gasteiger partial charge in [-0.1, -0.05) is 12.1 Å². The molecule has 0 bridgehead atoms. The molecule has 9 heteroatoms. The van der Waals surface area contributed by atoms with Crippen molar-refractivity contribution in [1.82, 2.24) is 0 Å². The third-order valence-electron chi connectivity index (χ3n) is 8.43. The van der Waals surface area contributed by atoms with Crippen LogP contribution < -0.4 is 14.2 Å². The highest BCUT2D eigenvalue weighted by atomic mass is 32.2. The Balaban J connectivity index is 1.22. The molecule has 3 aromatic carbocycles. The molecule has 3 unspecified atom stereocenters. The molecule has 1 N–H and O–H groups in total. The van der Waals surface area contributed by atoms with Crippen LogP contribution >= 0.6 is 0 Å². The predicted octanol–water partition coefficient (Wildman–Crippen LogP) is 5.94. The summed E-state index contributed by atoms with van der Waals surface area (Å²) in [4.78, 5) is 11.2. The van der Waals surface area contributed by atoms with Crippen molar-refractivity contribution < 1.29 is 36.9 Å². The largest absolute Gasteiger partial charge is 0.493 e. The number of carboxylic acid groups (broad SMARTS) is 1. The molecule has 1 fully saturated rings. The standard InChI is InChI=1S/C32H33FO7S/c1-18-11-23(38-15-20-9-10-41(36,37)17-20)12-19(2)31(18)25-5-7-27(33)32-26(25)6-8-28(32)40-22-3-4-24-21(13-30(34)35)16-39-29(24)14-22/h3-5,7,11-12,14,20-21,28H,6,8-10,13,15-17H2,1-2H3,(H,34,35). The van der Waals surface area contributed by atoms with E-state index in [2.05, 4.69) is 0 Å². The van der Waals surface area contributed by atoms with Gasteiger partial charge in [0.05, 0.1) is 31.1 Å². The lowest BCUT2D eigenvalue weighted by Crippen LogP contribution is -2.13. The van der Waals surface area contributed by atoms with Crippen LogP contribution in [-0.2, 0) is 21.1 Å². The maximum absolute atomic E-state index is 15.3. The third-order valence-corrected chi connectivity index (χ3v) is 10.3. The zero-order valence-corrected chi connectivity index (χ0v) is 23.9. The topological polar surface area (TPSA) is 99.1 Å². The molecule has 1 saturated heterocycles. The fourth-order valence-corrected chi connectivity index (χ4v) is 8.39. The first-order chi connectivity index (χ1) is 19.6. The Labute approximate surface area is 239 Å². The van der Waals surface area contributed by atoms with E-state index in [1.165, 1.54) is 6.07 Å². The highest BCUT2D eigenvalue weighted by Crippen LogP contribution is 2.45. The molecular weight excluding hydrogens is 547 g/mol. The Morgan fingerprint density at radius 3 is 2.56 bits per heavy atom. The van der Waals surface area contributed by atoms with Gasteiger partial charge < -0.3 is 19.3 Å². The van der Waals surface area contributed by atoms with E-state index < -0.39 is 21.9 Å². The van der Waals surface area contributed by atoms with Crippen LogP contribution in [0.5, 0.6) is 17.2 Å². The summed E-state index contributed by atoms with van der Waals surface area (Å²) < 4.78 is 56.9. The number of halogens is 1. The monoisotopic (exact) mass is 580 g/mol. The van der Waals surface area contributed by atoms with Gasteiger partial charge in [0, 0.05) is 29.0 Å². The second-order valence-electron chi connectivity index (χ2n) is 11.4. The minimum absolute atomic E-state index is 0.00791. The summed E-state index contributed by atoms with van der Waals surface area (Å²) in [7, 11) is -2.95. The minimum atomic E-state index is -2.95. The first-order valence-electron chi connectivity index (χ1n) is 14.0. The average Bonchev–Trinajstić information content (AvgIpc) is 3.60. The van der Waals surface area contributed by atoms with Crippen LogP contribution in [0.3, 0.4) is 0 Å². The van der Waals surface area contributed by atoms with Gasteiger partial charge in [0.1, 0.15) is 29.2 Å². The summed E-state index contributed by atoms with van der Waals surface area (Å²) in [5.41, 5.74) is 6.37. The lowest BCUT2D eigenvalue weighted by atomic mass is 9.90. The van der Waals surface area contributed by atoms with Gasteiger partial charge in [-0.2, -0.15) is 0 Å². The maximum atomic E-state index is 15.3. The Kier molecular flexibility index (Phi) is 7.18. The normalized spacial score (nSPS) is 22.2. The second kappa shape index (κ2) is 10.7. The smallest absolute Gasteiger partial charge is 0.304 e. The molecule has 0 radical (unpaired) electrons. The number of carbonyl (C=O) groups is 1. The first kappa shape index (κ1) is 27.6. The van der Waals surface area contributed by atoms with Crippen LogP contribution in [0.25, 0.3) is 11.1 Å². The van der Waals surface area contributed by atoms with Crippen molar-refractivity contribution >= 4 is 15.8 Å². The van der Waals surface area contributed by atoms with Gasteiger partial charge in [-0.15, -0.1) is 0 Å². The number of benzene rings is 3. The van der Waals surface area contributed by atoms with Crippen LogP contribution in [0.15, 0.2) is 42.5 Å². The minimum Gasteiger partial charge on any atom is -0.493 e. The average molecular weight is 581 g/mol. The van der Waals surface area contributed by atoms with Crippen molar-refractivity contribution in [2.75, 3.05) is 24.7 Å². The number of fused-ring (bicyclic) bond motifs is 2. The van der Waals surface area contributed by atoms with Crippen molar-refractivity contribution in [3.05, 3.63) is 76.1 Å². The molecule has 216 valence electrons. The van der Waals surface area contributed by atoms with E-state index >= 15 is 4.39 Å². The van der Waals surface area contributed by atoms with Crippen molar-refractivity contribution in [2.24, 2.45) is 5.92 Å². The molecule has 0 saturated carbocycles. The molecule has 6 rings (SSSR count). The number of hydrogen-bond acceptors (Lipinski definition) is 6.